The van der Waals surface area contributed by atoms with Gasteiger partial charge in [-0.05, 0) is 23.3 Å². The summed E-state index contributed by atoms with van der Waals surface area (Å²) < 4.78 is 10.5. The molecule has 98 valence electrons. The van der Waals surface area contributed by atoms with Crippen LogP contribution in [0.3, 0.4) is 0 Å². The Labute approximate surface area is 112 Å². The van der Waals surface area contributed by atoms with Crippen LogP contribution >= 0.6 is 0 Å². The molecule has 0 bridgehead atoms. The molecule has 0 atom stereocenters. The quantitative estimate of drug-likeness (QED) is 0.652. The third kappa shape index (κ3) is 2.68. The summed E-state index contributed by atoms with van der Waals surface area (Å²) in [6.45, 7) is 0. The highest BCUT2D eigenvalue weighted by molar-refractivity contribution is 5.95. The maximum Gasteiger partial charge on any atom is 0.161 e. The highest BCUT2D eigenvalue weighted by Crippen LogP contribution is 2.32. The molecule has 0 fully saturated rings. The highest BCUT2D eigenvalue weighted by Gasteiger charge is 2.06. The Morgan fingerprint density at radius 1 is 0.895 bits per heavy atom. The SMILES string of the molecule is COc1ccc(-c2ccc(C(=N)N)cc2)cc1OC. The number of hydrogen-bond acceptors (Lipinski definition) is 3. The van der Waals surface area contributed by atoms with Gasteiger partial charge in [-0.25, -0.2) is 0 Å². The molecule has 0 heterocycles. The zero-order valence-corrected chi connectivity index (χ0v) is 10.9. The Kier molecular flexibility index (Phi) is 3.71. The molecule has 19 heavy (non-hydrogen) atoms. The summed E-state index contributed by atoms with van der Waals surface area (Å²) in [6.07, 6.45) is 0. The van der Waals surface area contributed by atoms with E-state index in [1.807, 2.05) is 42.5 Å². The first-order valence-corrected chi connectivity index (χ1v) is 5.82. The van der Waals surface area contributed by atoms with Gasteiger partial charge in [0.25, 0.3) is 0 Å². The van der Waals surface area contributed by atoms with Crippen molar-refractivity contribution in [3.8, 4) is 22.6 Å². The van der Waals surface area contributed by atoms with E-state index in [4.69, 9.17) is 20.6 Å². The average Bonchev–Trinajstić information content (AvgIpc) is 2.46. The third-order valence-corrected chi connectivity index (χ3v) is 2.91. The van der Waals surface area contributed by atoms with Crippen molar-refractivity contribution in [2.75, 3.05) is 14.2 Å². The topological polar surface area (TPSA) is 68.3 Å². The fourth-order valence-electron chi connectivity index (χ4n) is 1.86. The number of nitrogens with one attached hydrogen (secondary N) is 1. The number of methoxy groups -OCH3 is 2. The van der Waals surface area contributed by atoms with Gasteiger partial charge in [0.1, 0.15) is 5.84 Å². The van der Waals surface area contributed by atoms with Crippen molar-refractivity contribution in [2.24, 2.45) is 5.73 Å². The van der Waals surface area contributed by atoms with Crippen molar-refractivity contribution < 1.29 is 9.47 Å². The lowest BCUT2D eigenvalue weighted by molar-refractivity contribution is 0.355. The van der Waals surface area contributed by atoms with E-state index in [1.54, 1.807) is 14.2 Å². The normalized spacial score (nSPS) is 10.0. The molecule has 0 saturated carbocycles. The van der Waals surface area contributed by atoms with Crippen LogP contribution in [0.1, 0.15) is 5.56 Å². The van der Waals surface area contributed by atoms with Gasteiger partial charge in [0, 0.05) is 5.56 Å². The van der Waals surface area contributed by atoms with E-state index in [0.717, 1.165) is 11.1 Å². The van der Waals surface area contributed by atoms with Gasteiger partial charge < -0.3 is 15.2 Å². The minimum Gasteiger partial charge on any atom is -0.493 e. The molecule has 2 aromatic rings. The Morgan fingerprint density at radius 2 is 1.47 bits per heavy atom. The summed E-state index contributed by atoms with van der Waals surface area (Å²) in [5.74, 6) is 1.46. The molecule has 2 rings (SSSR count). The number of amidine groups is 1. The van der Waals surface area contributed by atoms with Crippen molar-refractivity contribution in [3.63, 3.8) is 0 Å². The van der Waals surface area contributed by atoms with Crippen LogP contribution in [0, 0.1) is 5.41 Å². The average molecular weight is 256 g/mol. The predicted octanol–water partition coefficient (Wildman–Crippen LogP) is 2.65. The first kappa shape index (κ1) is 13.0. The Morgan fingerprint density at radius 3 is 2.00 bits per heavy atom. The molecule has 0 aliphatic rings. The standard InChI is InChI=1S/C15H16N2O2/c1-18-13-8-7-12(9-14(13)19-2)10-3-5-11(6-4-10)15(16)17/h3-9H,1-2H3,(H3,16,17). The molecule has 0 aliphatic heterocycles. The van der Waals surface area contributed by atoms with Crippen molar-refractivity contribution in [3.05, 3.63) is 48.0 Å². The lowest BCUT2D eigenvalue weighted by Gasteiger charge is -2.10. The molecule has 0 radical (unpaired) electrons. The van der Waals surface area contributed by atoms with E-state index < -0.39 is 0 Å². The fourth-order valence-corrected chi connectivity index (χ4v) is 1.86. The summed E-state index contributed by atoms with van der Waals surface area (Å²) in [4.78, 5) is 0. The molecule has 0 aromatic heterocycles. The lowest BCUT2D eigenvalue weighted by atomic mass is 10.0. The maximum atomic E-state index is 7.37. The van der Waals surface area contributed by atoms with Crippen molar-refractivity contribution >= 4 is 5.84 Å². The predicted molar refractivity (Wildman–Crippen MR) is 76.0 cm³/mol. The second-order valence-corrected chi connectivity index (χ2v) is 4.06. The molecule has 2 aromatic carbocycles. The maximum absolute atomic E-state index is 7.37. The van der Waals surface area contributed by atoms with Crippen LogP contribution in [0.15, 0.2) is 42.5 Å². The number of nitrogens with two attached hydrogens (primary N) is 1. The van der Waals surface area contributed by atoms with Crippen LogP contribution in [-0.4, -0.2) is 20.1 Å². The highest BCUT2D eigenvalue weighted by atomic mass is 16.5. The number of rotatable bonds is 4. The zero-order valence-electron chi connectivity index (χ0n) is 10.9. The van der Waals surface area contributed by atoms with E-state index in [2.05, 4.69) is 0 Å². The van der Waals surface area contributed by atoms with Gasteiger partial charge in [-0.1, -0.05) is 30.3 Å². The summed E-state index contributed by atoms with van der Waals surface area (Å²) in [6, 6.07) is 13.3. The molecule has 4 nitrogen and oxygen atoms in total. The second-order valence-electron chi connectivity index (χ2n) is 4.06. The number of hydrogen-bond donors (Lipinski definition) is 2. The van der Waals surface area contributed by atoms with Gasteiger partial charge in [0.05, 0.1) is 14.2 Å². The summed E-state index contributed by atoms with van der Waals surface area (Å²) >= 11 is 0. The van der Waals surface area contributed by atoms with Crippen LogP contribution in [0.2, 0.25) is 0 Å². The van der Waals surface area contributed by atoms with Gasteiger partial charge >= 0.3 is 0 Å². The van der Waals surface area contributed by atoms with E-state index in [0.29, 0.717) is 17.1 Å². The summed E-state index contributed by atoms with van der Waals surface area (Å²) in [5, 5.41) is 7.37. The van der Waals surface area contributed by atoms with Crippen molar-refractivity contribution in [1.82, 2.24) is 0 Å². The van der Waals surface area contributed by atoms with Crippen LogP contribution < -0.4 is 15.2 Å². The first-order chi connectivity index (χ1) is 9.15. The fraction of sp³-hybridized carbons (Fsp3) is 0.133. The molecule has 0 amide bonds. The molecule has 4 heteroatoms. The lowest BCUT2D eigenvalue weighted by Crippen LogP contribution is -2.10. The van der Waals surface area contributed by atoms with Crippen LogP contribution in [-0.2, 0) is 0 Å². The number of nitrogen functional groups attached to an aromatic ring is 1. The summed E-state index contributed by atoms with van der Waals surface area (Å²) in [7, 11) is 3.22. The smallest absolute Gasteiger partial charge is 0.161 e. The van der Waals surface area contributed by atoms with Gasteiger partial charge in [-0.15, -0.1) is 0 Å². The second kappa shape index (κ2) is 5.44. The summed E-state index contributed by atoms with van der Waals surface area (Å²) in [5.41, 5.74) is 8.20. The largest absolute Gasteiger partial charge is 0.493 e. The minimum atomic E-state index is 0.0684. The Balaban J connectivity index is 2.38. The van der Waals surface area contributed by atoms with E-state index in [-0.39, 0.29) is 5.84 Å². The zero-order chi connectivity index (χ0) is 13.8. The first-order valence-electron chi connectivity index (χ1n) is 5.82. The molecule has 3 N–H and O–H groups in total. The third-order valence-electron chi connectivity index (χ3n) is 2.91. The Hall–Kier alpha value is -2.49. The van der Waals surface area contributed by atoms with Gasteiger partial charge in [-0.2, -0.15) is 0 Å². The van der Waals surface area contributed by atoms with Crippen LogP contribution in [0.25, 0.3) is 11.1 Å². The van der Waals surface area contributed by atoms with E-state index in [9.17, 15) is 0 Å². The molecular weight excluding hydrogens is 240 g/mol. The number of benzene rings is 2. The van der Waals surface area contributed by atoms with Crippen LogP contribution in [0.5, 0.6) is 11.5 Å². The van der Waals surface area contributed by atoms with Crippen molar-refractivity contribution in [2.45, 2.75) is 0 Å². The van der Waals surface area contributed by atoms with Gasteiger partial charge in [0.2, 0.25) is 0 Å². The molecule has 0 spiro atoms. The van der Waals surface area contributed by atoms with Gasteiger partial charge in [-0.3, -0.25) is 5.41 Å². The van der Waals surface area contributed by atoms with Crippen LogP contribution in [0.4, 0.5) is 0 Å². The van der Waals surface area contributed by atoms with Crippen molar-refractivity contribution in [1.29, 1.82) is 5.41 Å². The number of ether oxygens (including phenoxy) is 2. The molecule has 0 aliphatic carbocycles. The van der Waals surface area contributed by atoms with E-state index in [1.165, 1.54) is 0 Å². The Bertz CT molecular complexity index is 592. The van der Waals surface area contributed by atoms with E-state index >= 15 is 0 Å². The molecule has 0 unspecified atom stereocenters. The monoisotopic (exact) mass is 256 g/mol. The molecular formula is C15H16N2O2. The van der Waals surface area contributed by atoms with Gasteiger partial charge in [0.15, 0.2) is 11.5 Å². The molecule has 0 saturated heterocycles. The minimum absolute atomic E-state index is 0.0684.